The van der Waals surface area contributed by atoms with Crippen LogP contribution in [0.4, 0.5) is 4.39 Å². The van der Waals surface area contributed by atoms with Crippen molar-refractivity contribution in [2.75, 3.05) is 6.61 Å². The molecule has 2 N–H and O–H groups in total. The van der Waals surface area contributed by atoms with Crippen LogP contribution in [0.5, 0.6) is 0 Å². The van der Waals surface area contributed by atoms with Gasteiger partial charge in [-0.25, -0.2) is 4.39 Å². The Hall–Kier alpha value is -3.09. The third-order valence-corrected chi connectivity index (χ3v) is 6.04. The summed E-state index contributed by atoms with van der Waals surface area (Å²) in [5, 5.41) is 21.8. The highest BCUT2D eigenvalue weighted by Gasteiger charge is 2.29. The van der Waals surface area contributed by atoms with Gasteiger partial charge in [0, 0.05) is 28.9 Å². The minimum absolute atomic E-state index is 0.0128. The summed E-state index contributed by atoms with van der Waals surface area (Å²) in [6, 6.07) is 14.3. The molecule has 0 bridgehead atoms. The summed E-state index contributed by atoms with van der Waals surface area (Å²) < 4.78 is 18.8. The molecule has 2 unspecified atom stereocenters. The molecular formula is C29H32FNO4. The number of aliphatic hydroxyl groups is 2. The summed E-state index contributed by atoms with van der Waals surface area (Å²) in [5.74, 6) is -0.216. The molecule has 0 aliphatic heterocycles. The van der Waals surface area contributed by atoms with E-state index in [1.54, 1.807) is 18.2 Å². The van der Waals surface area contributed by atoms with Crippen molar-refractivity contribution in [3.05, 3.63) is 71.7 Å². The highest BCUT2D eigenvalue weighted by molar-refractivity contribution is 5.99. The van der Waals surface area contributed by atoms with Crippen molar-refractivity contribution in [1.82, 2.24) is 4.98 Å². The number of halogens is 1. The normalized spacial score (nSPS) is 15.6. The predicted octanol–water partition coefficient (Wildman–Crippen LogP) is 5.63. The Kier molecular flexibility index (Phi) is 7.93. The molecule has 0 amide bonds. The fourth-order valence-electron chi connectivity index (χ4n) is 4.17. The van der Waals surface area contributed by atoms with E-state index >= 15 is 0 Å². The molecule has 6 heteroatoms. The smallest absolute Gasteiger partial charge is 0.308 e. The number of nitrogens with zero attached hydrogens (tertiary/aromatic N) is 1. The Labute approximate surface area is 205 Å². The lowest BCUT2D eigenvalue weighted by Crippen LogP contribution is -2.21. The summed E-state index contributed by atoms with van der Waals surface area (Å²) in [5.41, 5.74) is 4.54. The van der Waals surface area contributed by atoms with Gasteiger partial charge in [0.15, 0.2) is 0 Å². The van der Waals surface area contributed by atoms with E-state index in [4.69, 9.17) is 9.72 Å². The van der Waals surface area contributed by atoms with E-state index in [2.05, 4.69) is 0 Å². The van der Waals surface area contributed by atoms with Gasteiger partial charge in [-0.1, -0.05) is 56.3 Å². The first kappa shape index (κ1) is 25.0. The van der Waals surface area contributed by atoms with E-state index in [0.29, 0.717) is 12.5 Å². The van der Waals surface area contributed by atoms with Crippen LogP contribution in [-0.4, -0.2) is 40.0 Å². The highest BCUT2D eigenvalue weighted by Crippen LogP contribution is 2.45. The largest absolute Gasteiger partial charge is 0.465 e. The summed E-state index contributed by atoms with van der Waals surface area (Å²) in [6.45, 7) is 4.19. The Bertz CT molecular complexity index is 1200. The van der Waals surface area contributed by atoms with Crippen LogP contribution in [0.1, 0.15) is 56.7 Å². The minimum atomic E-state index is -1.01. The molecule has 3 aromatic rings. The lowest BCUT2D eigenvalue weighted by molar-refractivity contribution is -0.147. The van der Waals surface area contributed by atoms with Crippen molar-refractivity contribution < 1.29 is 24.1 Å². The topological polar surface area (TPSA) is 79.7 Å². The Morgan fingerprint density at radius 3 is 2.54 bits per heavy atom. The maximum Gasteiger partial charge on any atom is 0.308 e. The quantitative estimate of drug-likeness (QED) is 0.370. The van der Waals surface area contributed by atoms with Gasteiger partial charge in [0.1, 0.15) is 5.82 Å². The maximum atomic E-state index is 13.7. The number of pyridine rings is 1. The Morgan fingerprint density at radius 2 is 1.86 bits per heavy atom. The number of carbonyl (C=O) groups excluding carboxylic acids is 1. The number of aliphatic hydroxyl groups excluding tert-OH is 2. The number of benzene rings is 2. The van der Waals surface area contributed by atoms with Gasteiger partial charge >= 0.3 is 5.97 Å². The molecule has 1 fully saturated rings. The lowest BCUT2D eigenvalue weighted by atomic mass is 9.92. The van der Waals surface area contributed by atoms with Gasteiger partial charge in [0.2, 0.25) is 0 Å². The molecule has 1 aromatic heterocycles. The van der Waals surface area contributed by atoms with E-state index in [1.807, 2.05) is 44.2 Å². The molecule has 0 radical (unpaired) electrons. The molecule has 0 spiro atoms. The van der Waals surface area contributed by atoms with Gasteiger partial charge in [0.05, 0.1) is 36.4 Å². The molecule has 4 rings (SSSR count). The van der Waals surface area contributed by atoms with Gasteiger partial charge in [-0.2, -0.15) is 0 Å². The summed E-state index contributed by atoms with van der Waals surface area (Å²) in [7, 11) is 0. The number of fused-ring (bicyclic) bond motifs is 1. The first-order valence-corrected chi connectivity index (χ1v) is 12.2. The molecule has 1 aliphatic rings. The minimum Gasteiger partial charge on any atom is -0.465 e. The van der Waals surface area contributed by atoms with Crippen molar-refractivity contribution in [3.8, 4) is 11.1 Å². The molecule has 1 saturated carbocycles. The fraction of sp³-hybridized carbons (Fsp3) is 0.379. The van der Waals surface area contributed by atoms with Crippen molar-refractivity contribution in [1.29, 1.82) is 0 Å². The summed E-state index contributed by atoms with van der Waals surface area (Å²) in [6.07, 6.45) is 3.46. The van der Waals surface area contributed by atoms with Gasteiger partial charge in [-0.3, -0.25) is 9.78 Å². The van der Waals surface area contributed by atoms with Crippen molar-refractivity contribution in [3.63, 3.8) is 0 Å². The molecule has 5 nitrogen and oxygen atoms in total. The molecule has 0 saturated heterocycles. The molecule has 35 heavy (non-hydrogen) atoms. The summed E-state index contributed by atoms with van der Waals surface area (Å²) in [4.78, 5) is 16.8. The van der Waals surface area contributed by atoms with Gasteiger partial charge in [-0.05, 0) is 42.5 Å². The second kappa shape index (κ2) is 11.1. The molecule has 2 atom stereocenters. The second-order valence-electron chi connectivity index (χ2n) is 9.68. The van der Waals surface area contributed by atoms with Gasteiger partial charge in [-0.15, -0.1) is 0 Å². The Balaban J connectivity index is 1.62. The number of esters is 1. The number of hydrogen-bond acceptors (Lipinski definition) is 5. The number of para-hydroxylation sites is 1. The number of hydrogen-bond donors (Lipinski definition) is 2. The van der Waals surface area contributed by atoms with E-state index in [1.165, 1.54) is 12.1 Å². The van der Waals surface area contributed by atoms with Crippen LogP contribution in [-0.2, 0) is 9.53 Å². The van der Waals surface area contributed by atoms with Crippen molar-refractivity contribution in [2.45, 2.75) is 57.7 Å². The van der Waals surface area contributed by atoms with E-state index in [-0.39, 0.29) is 24.6 Å². The van der Waals surface area contributed by atoms with Crippen LogP contribution in [0, 0.1) is 11.7 Å². The lowest BCUT2D eigenvalue weighted by Gasteiger charge is -2.17. The zero-order valence-electron chi connectivity index (χ0n) is 20.2. The van der Waals surface area contributed by atoms with E-state index in [0.717, 1.165) is 46.1 Å². The summed E-state index contributed by atoms with van der Waals surface area (Å²) >= 11 is 0. The standard InChI is InChI=1S/C29H32FNO4/c1-18(2)17-35-27(34)16-23(33)15-22(32)13-14-25-28(19-9-11-21(30)12-10-19)24-5-3-4-6-26(24)31-29(25)20-7-8-20/h3-6,9-14,18,20,22-23,32-33H,7-8,15-17H2,1-2H3/b14-13+. The van der Waals surface area contributed by atoms with Crippen LogP contribution in [0.15, 0.2) is 54.6 Å². The van der Waals surface area contributed by atoms with E-state index < -0.39 is 18.2 Å². The second-order valence-corrected chi connectivity index (χ2v) is 9.68. The number of carbonyl (C=O) groups is 1. The average molecular weight is 478 g/mol. The Morgan fingerprint density at radius 1 is 1.14 bits per heavy atom. The van der Waals surface area contributed by atoms with Crippen molar-refractivity contribution in [2.24, 2.45) is 5.92 Å². The molecule has 2 aromatic carbocycles. The molecular weight excluding hydrogens is 445 g/mol. The predicted molar refractivity (Wildman–Crippen MR) is 135 cm³/mol. The van der Waals surface area contributed by atoms with Gasteiger partial charge in [0.25, 0.3) is 0 Å². The number of aromatic nitrogens is 1. The molecule has 1 aliphatic carbocycles. The SMILES string of the molecule is CC(C)COC(=O)CC(O)CC(O)/C=C/c1c(C2CC2)nc2ccccc2c1-c1ccc(F)cc1. The first-order chi connectivity index (χ1) is 16.8. The van der Waals surface area contributed by atoms with Crippen LogP contribution < -0.4 is 0 Å². The van der Waals surface area contributed by atoms with Crippen LogP contribution in [0.2, 0.25) is 0 Å². The molecule has 184 valence electrons. The zero-order valence-corrected chi connectivity index (χ0v) is 20.2. The van der Waals surface area contributed by atoms with Crippen LogP contribution >= 0.6 is 0 Å². The van der Waals surface area contributed by atoms with E-state index in [9.17, 15) is 19.4 Å². The van der Waals surface area contributed by atoms with Crippen LogP contribution in [0.3, 0.4) is 0 Å². The highest BCUT2D eigenvalue weighted by atomic mass is 19.1. The molecule has 1 heterocycles. The van der Waals surface area contributed by atoms with Gasteiger partial charge < -0.3 is 14.9 Å². The fourth-order valence-corrected chi connectivity index (χ4v) is 4.17. The number of ether oxygens (including phenoxy) is 1. The maximum absolute atomic E-state index is 13.7. The number of rotatable bonds is 10. The first-order valence-electron chi connectivity index (χ1n) is 12.2. The monoisotopic (exact) mass is 477 g/mol. The zero-order chi connectivity index (χ0) is 24.9. The van der Waals surface area contributed by atoms with Crippen molar-refractivity contribution >= 4 is 22.9 Å². The third-order valence-electron chi connectivity index (χ3n) is 6.04. The third kappa shape index (κ3) is 6.53. The van der Waals surface area contributed by atoms with Crippen LogP contribution in [0.25, 0.3) is 28.1 Å². The average Bonchev–Trinajstić information content (AvgIpc) is 3.66.